The predicted molar refractivity (Wildman–Crippen MR) is 82.0 cm³/mol. The number of rotatable bonds is 4. The molecular formula is C15H15ClN4. The van der Waals surface area contributed by atoms with E-state index in [1.165, 1.54) is 0 Å². The average molecular weight is 287 g/mol. The number of fused-ring (bicyclic) bond motifs is 1. The van der Waals surface area contributed by atoms with Gasteiger partial charge >= 0.3 is 0 Å². The first-order valence-corrected chi connectivity index (χ1v) is 6.95. The molecule has 1 aromatic carbocycles. The molecule has 0 aliphatic heterocycles. The van der Waals surface area contributed by atoms with E-state index >= 15 is 0 Å². The molecule has 0 saturated carbocycles. The number of anilines is 1. The fourth-order valence-corrected chi connectivity index (χ4v) is 2.47. The van der Waals surface area contributed by atoms with Gasteiger partial charge in [-0.25, -0.2) is 4.98 Å². The highest BCUT2D eigenvalue weighted by Crippen LogP contribution is 2.21. The van der Waals surface area contributed by atoms with Crippen molar-refractivity contribution in [2.75, 3.05) is 5.32 Å². The van der Waals surface area contributed by atoms with Crippen LogP contribution in [0.5, 0.6) is 0 Å². The Labute approximate surface area is 122 Å². The molecule has 0 bridgehead atoms. The summed E-state index contributed by atoms with van der Waals surface area (Å²) in [6, 6.07) is 9.93. The molecule has 0 unspecified atom stereocenters. The number of pyridine rings is 1. The summed E-state index contributed by atoms with van der Waals surface area (Å²) >= 11 is 6.11. The van der Waals surface area contributed by atoms with Crippen molar-refractivity contribution >= 4 is 28.3 Å². The number of benzene rings is 1. The number of para-hydroxylation sites is 2. The largest absolute Gasteiger partial charge is 0.375 e. The summed E-state index contributed by atoms with van der Waals surface area (Å²) < 4.78 is 2.20. The van der Waals surface area contributed by atoms with E-state index in [0.29, 0.717) is 11.6 Å². The summed E-state index contributed by atoms with van der Waals surface area (Å²) in [6.45, 7) is 3.63. The second kappa shape index (κ2) is 5.51. The topological polar surface area (TPSA) is 42.7 Å². The van der Waals surface area contributed by atoms with Crippen LogP contribution in [0.2, 0.25) is 5.02 Å². The Kier molecular flexibility index (Phi) is 3.56. The minimum atomic E-state index is 0.619. The summed E-state index contributed by atoms with van der Waals surface area (Å²) in [7, 11) is 0. The molecule has 0 aliphatic rings. The summed E-state index contributed by atoms with van der Waals surface area (Å²) in [6.07, 6.45) is 3.40. The molecule has 3 aromatic rings. The first-order valence-electron chi connectivity index (χ1n) is 6.57. The lowest BCUT2D eigenvalue weighted by Gasteiger charge is -2.09. The van der Waals surface area contributed by atoms with Gasteiger partial charge in [-0.05, 0) is 25.1 Å². The lowest BCUT2D eigenvalue weighted by atomic mass is 10.3. The van der Waals surface area contributed by atoms with Crippen molar-refractivity contribution in [2.24, 2.45) is 0 Å². The Hall–Kier alpha value is -2.07. The van der Waals surface area contributed by atoms with Crippen molar-refractivity contribution in [1.29, 1.82) is 0 Å². The summed E-state index contributed by atoms with van der Waals surface area (Å²) in [5, 5.41) is 3.95. The maximum absolute atomic E-state index is 6.11. The third-order valence-corrected chi connectivity index (χ3v) is 3.58. The first kappa shape index (κ1) is 12.9. The van der Waals surface area contributed by atoms with Crippen molar-refractivity contribution in [2.45, 2.75) is 20.0 Å². The van der Waals surface area contributed by atoms with E-state index in [9.17, 15) is 0 Å². The molecule has 1 N–H and O–H groups in total. The maximum Gasteiger partial charge on any atom is 0.129 e. The maximum atomic E-state index is 6.11. The number of aromatic nitrogens is 3. The Morgan fingerprint density at radius 2 is 2.10 bits per heavy atom. The van der Waals surface area contributed by atoms with E-state index in [1.807, 2.05) is 18.2 Å². The number of hydrogen-bond donors (Lipinski definition) is 1. The lowest BCUT2D eigenvalue weighted by Crippen LogP contribution is -2.08. The van der Waals surface area contributed by atoms with Crippen molar-refractivity contribution in [1.82, 2.24) is 14.5 Å². The quantitative estimate of drug-likeness (QED) is 0.795. The minimum absolute atomic E-state index is 0.619. The number of aryl methyl sites for hydroxylation is 1. The smallest absolute Gasteiger partial charge is 0.129 e. The van der Waals surface area contributed by atoms with Gasteiger partial charge in [0.25, 0.3) is 0 Å². The molecule has 102 valence electrons. The van der Waals surface area contributed by atoms with Crippen LogP contribution >= 0.6 is 11.6 Å². The van der Waals surface area contributed by atoms with Crippen LogP contribution in [0.15, 0.2) is 42.7 Å². The molecule has 0 saturated heterocycles. The highest BCUT2D eigenvalue weighted by molar-refractivity contribution is 6.33. The van der Waals surface area contributed by atoms with Gasteiger partial charge in [0.05, 0.1) is 34.5 Å². The summed E-state index contributed by atoms with van der Waals surface area (Å²) in [5.41, 5.74) is 3.00. The molecule has 5 heteroatoms. The van der Waals surface area contributed by atoms with Gasteiger partial charge in [0.2, 0.25) is 0 Å². The second-order valence-electron chi connectivity index (χ2n) is 4.47. The number of nitrogens with one attached hydrogen (secondary N) is 1. The highest BCUT2D eigenvalue weighted by Gasteiger charge is 2.09. The third-order valence-electron chi connectivity index (χ3n) is 3.25. The molecule has 2 aromatic heterocycles. The van der Waals surface area contributed by atoms with Gasteiger partial charge in [-0.3, -0.25) is 4.98 Å². The van der Waals surface area contributed by atoms with Crippen LogP contribution in [0.25, 0.3) is 11.0 Å². The van der Waals surface area contributed by atoms with Gasteiger partial charge in [-0.15, -0.1) is 0 Å². The minimum Gasteiger partial charge on any atom is -0.375 e. The number of nitrogens with zero attached hydrogens (tertiary/aromatic N) is 3. The highest BCUT2D eigenvalue weighted by atomic mass is 35.5. The zero-order valence-corrected chi connectivity index (χ0v) is 11.9. The standard InChI is InChI=1S/C15H15ClN4/c1-2-20-14-6-4-3-5-12(14)19-15(20)10-18-13-9-17-8-7-11(13)16/h3-9,18H,2,10H2,1H3. The Balaban J connectivity index is 1.89. The number of imidazole rings is 1. The average Bonchev–Trinajstić information content (AvgIpc) is 2.84. The number of hydrogen-bond acceptors (Lipinski definition) is 3. The van der Waals surface area contributed by atoms with E-state index < -0.39 is 0 Å². The molecule has 0 fully saturated rings. The predicted octanol–water partition coefficient (Wildman–Crippen LogP) is 3.72. The fraction of sp³-hybridized carbons (Fsp3) is 0.200. The van der Waals surface area contributed by atoms with E-state index in [-0.39, 0.29) is 0 Å². The van der Waals surface area contributed by atoms with Crippen LogP contribution < -0.4 is 5.32 Å². The van der Waals surface area contributed by atoms with Crippen molar-refractivity contribution in [3.63, 3.8) is 0 Å². The summed E-state index contributed by atoms with van der Waals surface area (Å²) in [4.78, 5) is 8.73. The van der Waals surface area contributed by atoms with Gasteiger partial charge in [0.1, 0.15) is 5.82 Å². The molecule has 20 heavy (non-hydrogen) atoms. The molecular weight excluding hydrogens is 272 g/mol. The Morgan fingerprint density at radius 3 is 2.90 bits per heavy atom. The van der Waals surface area contributed by atoms with E-state index in [0.717, 1.165) is 29.1 Å². The monoisotopic (exact) mass is 286 g/mol. The van der Waals surface area contributed by atoms with Crippen LogP contribution in [0.4, 0.5) is 5.69 Å². The van der Waals surface area contributed by atoms with Crippen LogP contribution in [0.1, 0.15) is 12.7 Å². The van der Waals surface area contributed by atoms with Crippen LogP contribution in [0.3, 0.4) is 0 Å². The Morgan fingerprint density at radius 1 is 1.25 bits per heavy atom. The Bertz CT molecular complexity index is 736. The van der Waals surface area contributed by atoms with Crippen LogP contribution in [0, 0.1) is 0 Å². The van der Waals surface area contributed by atoms with Crippen molar-refractivity contribution in [3.8, 4) is 0 Å². The van der Waals surface area contributed by atoms with E-state index in [1.54, 1.807) is 18.5 Å². The van der Waals surface area contributed by atoms with Gasteiger partial charge in [-0.2, -0.15) is 0 Å². The first-order chi connectivity index (χ1) is 9.79. The molecule has 0 radical (unpaired) electrons. The van der Waals surface area contributed by atoms with Gasteiger partial charge in [0.15, 0.2) is 0 Å². The molecule has 0 atom stereocenters. The molecule has 0 aliphatic carbocycles. The molecule has 0 amide bonds. The second-order valence-corrected chi connectivity index (χ2v) is 4.88. The third kappa shape index (κ3) is 2.34. The SMILES string of the molecule is CCn1c(CNc2cnccc2Cl)nc2ccccc21. The van der Waals surface area contributed by atoms with Crippen LogP contribution in [-0.2, 0) is 13.1 Å². The normalized spacial score (nSPS) is 10.9. The van der Waals surface area contributed by atoms with Crippen molar-refractivity contribution in [3.05, 3.63) is 53.6 Å². The van der Waals surface area contributed by atoms with Gasteiger partial charge in [-0.1, -0.05) is 23.7 Å². The molecule has 4 nitrogen and oxygen atoms in total. The van der Waals surface area contributed by atoms with Gasteiger partial charge in [0, 0.05) is 12.7 Å². The fourth-order valence-electron chi connectivity index (χ4n) is 2.30. The zero-order valence-electron chi connectivity index (χ0n) is 11.2. The van der Waals surface area contributed by atoms with Crippen molar-refractivity contribution < 1.29 is 0 Å². The molecule has 2 heterocycles. The molecule has 0 spiro atoms. The summed E-state index contributed by atoms with van der Waals surface area (Å²) in [5.74, 6) is 0.994. The van der Waals surface area contributed by atoms with Gasteiger partial charge < -0.3 is 9.88 Å². The zero-order chi connectivity index (χ0) is 13.9. The van der Waals surface area contributed by atoms with E-state index in [4.69, 9.17) is 11.6 Å². The van der Waals surface area contributed by atoms with E-state index in [2.05, 4.69) is 32.8 Å². The van der Waals surface area contributed by atoms with Crippen LogP contribution in [-0.4, -0.2) is 14.5 Å². The number of halogens is 1. The lowest BCUT2D eigenvalue weighted by molar-refractivity contribution is 0.729. The molecule has 3 rings (SSSR count).